The van der Waals surface area contributed by atoms with Crippen LogP contribution in [-0.2, 0) is 11.3 Å². The van der Waals surface area contributed by atoms with Gasteiger partial charge >= 0.3 is 0 Å². The molecule has 0 aliphatic carbocycles. The molecule has 0 bridgehead atoms. The molecule has 1 heterocycles. The van der Waals surface area contributed by atoms with Gasteiger partial charge < -0.3 is 9.64 Å². The number of hydrogen-bond donors (Lipinski definition) is 0. The molecule has 6 heteroatoms. The fourth-order valence-electron chi connectivity index (χ4n) is 4.37. The number of nitrogens with zero attached hydrogens (tertiary/aromatic N) is 3. The molecule has 32 heavy (non-hydrogen) atoms. The van der Waals surface area contributed by atoms with E-state index in [4.69, 9.17) is 4.74 Å². The van der Waals surface area contributed by atoms with Crippen molar-refractivity contribution in [3.63, 3.8) is 0 Å². The van der Waals surface area contributed by atoms with Gasteiger partial charge in [0.2, 0.25) is 5.91 Å². The van der Waals surface area contributed by atoms with Crippen LogP contribution in [-0.4, -0.2) is 62.1 Å². The van der Waals surface area contributed by atoms with Gasteiger partial charge in [0.15, 0.2) is 11.6 Å². The third kappa shape index (κ3) is 4.92. The SMILES string of the molecule is CCN(C(=O)CN1CCN(Cc2ccc(OC)c(F)c2)CC1)c1cccc2ccccc12. The molecule has 3 aromatic rings. The first-order valence-electron chi connectivity index (χ1n) is 11.1. The van der Waals surface area contributed by atoms with E-state index in [1.54, 1.807) is 6.07 Å². The Hall–Kier alpha value is -2.96. The standard InChI is InChI=1S/C26H30FN3O2/c1-3-30(24-10-6-8-21-7-4-5-9-22(21)24)26(31)19-29-15-13-28(14-16-29)18-20-11-12-25(32-2)23(27)17-20/h4-12,17H,3,13-16,18-19H2,1-2H3. The summed E-state index contributed by atoms with van der Waals surface area (Å²) < 4.78 is 19.0. The Bertz CT molecular complexity index is 1070. The molecule has 0 N–H and O–H groups in total. The van der Waals surface area contributed by atoms with Crippen LogP contribution in [0.5, 0.6) is 5.75 Å². The summed E-state index contributed by atoms with van der Waals surface area (Å²) in [4.78, 5) is 19.6. The van der Waals surface area contributed by atoms with Gasteiger partial charge in [-0.05, 0) is 36.1 Å². The minimum Gasteiger partial charge on any atom is -0.494 e. The molecular formula is C26H30FN3O2. The Labute approximate surface area is 189 Å². The average Bonchev–Trinajstić information content (AvgIpc) is 2.81. The smallest absolute Gasteiger partial charge is 0.241 e. The molecule has 0 saturated carbocycles. The lowest BCUT2D eigenvalue weighted by Gasteiger charge is -2.35. The van der Waals surface area contributed by atoms with Crippen molar-refractivity contribution >= 4 is 22.4 Å². The lowest BCUT2D eigenvalue weighted by Crippen LogP contribution is -2.49. The van der Waals surface area contributed by atoms with E-state index in [-0.39, 0.29) is 17.5 Å². The average molecular weight is 436 g/mol. The molecule has 1 fully saturated rings. The molecular weight excluding hydrogens is 405 g/mol. The monoisotopic (exact) mass is 435 g/mol. The number of amides is 1. The van der Waals surface area contributed by atoms with E-state index in [1.807, 2.05) is 42.2 Å². The van der Waals surface area contributed by atoms with Gasteiger partial charge in [-0.25, -0.2) is 4.39 Å². The van der Waals surface area contributed by atoms with Gasteiger partial charge in [0.25, 0.3) is 0 Å². The fourth-order valence-corrected chi connectivity index (χ4v) is 4.37. The predicted octanol–water partition coefficient (Wildman–Crippen LogP) is 4.16. The van der Waals surface area contributed by atoms with Gasteiger partial charge in [-0.15, -0.1) is 0 Å². The summed E-state index contributed by atoms with van der Waals surface area (Å²) >= 11 is 0. The van der Waals surface area contributed by atoms with Gasteiger partial charge in [0.05, 0.1) is 19.3 Å². The predicted molar refractivity (Wildman–Crippen MR) is 127 cm³/mol. The number of carbonyl (C=O) groups excluding carboxylic acids is 1. The summed E-state index contributed by atoms with van der Waals surface area (Å²) in [7, 11) is 1.47. The van der Waals surface area contributed by atoms with Crippen LogP contribution in [0.1, 0.15) is 12.5 Å². The van der Waals surface area contributed by atoms with E-state index in [0.717, 1.165) is 48.2 Å². The normalized spacial score (nSPS) is 15.1. The maximum absolute atomic E-state index is 14.0. The van der Waals surface area contributed by atoms with E-state index < -0.39 is 0 Å². The van der Waals surface area contributed by atoms with Gasteiger partial charge in [0.1, 0.15) is 0 Å². The molecule has 1 aliphatic rings. The third-order valence-corrected chi connectivity index (χ3v) is 6.12. The maximum Gasteiger partial charge on any atom is 0.241 e. The topological polar surface area (TPSA) is 36.0 Å². The highest BCUT2D eigenvalue weighted by atomic mass is 19.1. The van der Waals surface area contributed by atoms with Crippen molar-refractivity contribution in [1.82, 2.24) is 9.80 Å². The van der Waals surface area contributed by atoms with Gasteiger partial charge in [-0.1, -0.05) is 42.5 Å². The number of carbonyl (C=O) groups is 1. The third-order valence-electron chi connectivity index (χ3n) is 6.12. The Morgan fingerprint density at radius 3 is 2.44 bits per heavy atom. The van der Waals surface area contributed by atoms with Crippen molar-refractivity contribution in [1.29, 1.82) is 0 Å². The maximum atomic E-state index is 14.0. The lowest BCUT2D eigenvalue weighted by molar-refractivity contribution is -0.120. The van der Waals surface area contributed by atoms with E-state index in [0.29, 0.717) is 19.6 Å². The van der Waals surface area contributed by atoms with Gasteiger partial charge in [-0.2, -0.15) is 0 Å². The highest BCUT2D eigenvalue weighted by molar-refractivity contribution is 6.04. The summed E-state index contributed by atoms with van der Waals surface area (Å²) in [6.45, 7) is 7.08. The van der Waals surface area contributed by atoms with Crippen molar-refractivity contribution < 1.29 is 13.9 Å². The molecule has 0 unspecified atom stereocenters. The summed E-state index contributed by atoms with van der Waals surface area (Å²) in [5.74, 6) is 0.0561. The highest BCUT2D eigenvalue weighted by Gasteiger charge is 2.23. The minimum absolute atomic E-state index is 0.120. The summed E-state index contributed by atoms with van der Waals surface area (Å²) in [5, 5.41) is 2.24. The van der Waals surface area contributed by atoms with E-state index in [2.05, 4.69) is 28.0 Å². The second-order valence-electron chi connectivity index (χ2n) is 8.16. The minimum atomic E-state index is -0.331. The number of anilines is 1. The molecule has 1 saturated heterocycles. The van der Waals surface area contributed by atoms with Crippen molar-refractivity contribution in [3.8, 4) is 5.75 Å². The zero-order chi connectivity index (χ0) is 22.5. The van der Waals surface area contributed by atoms with Crippen LogP contribution >= 0.6 is 0 Å². The van der Waals surface area contributed by atoms with Crippen LogP contribution < -0.4 is 9.64 Å². The number of fused-ring (bicyclic) bond motifs is 1. The number of methoxy groups -OCH3 is 1. The van der Waals surface area contributed by atoms with Crippen molar-refractivity contribution in [2.45, 2.75) is 13.5 Å². The highest BCUT2D eigenvalue weighted by Crippen LogP contribution is 2.27. The van der Waals surface area contributed by atoms with E-state index in [9.17, 15) is 9.18 Å². The van der Waals surface area contributed by atoms with Crippen LogP contribution in [0.25, 0.3) is 10.8 Å². The molecule has 1 amide bonds. The second-order valence-corrected chi connectivity index (χ2v) is 8.16. The molecule has 0 atom stereocenters. The van der Waals surface area contributed by atoms with Crippen molar-refractivity contribution in [2.75, 3.05) is 51.3 Å². The largest absolute Gasteiger partial charge is 0.494 e. The lowest BCUT2D eigenvalue weighted by atomic mass is 10.1. The molecule has 3 aromatic carbocycles. The molecule has 0 radical (unpaired) electrons. The van der Waals surface area contributed by atoms with Crippen LogP contribution in [0.15, 0.2) is 60.7 Å². The molecule has 0 spiro atoms. The molecule has 5 nitrogen and oxygen atoms in total. The van der Waals surface area contributed by atoms with E-state index in [1.165, 1.54) is 13.2 Å². The second kappa shape index (κ2) is 10.1. The zero-order valence-electron chi connectivity index (χ0n) is 18.8. The van der Waals surface area contributed by atoms with Gasteiger partial charge in [-0.3, -0.25) is 14.6 Å². The quantitative estimate of drug-likeness (QED) is 0.558. The first-order chi connectivity index (χ1) is 15.6. The summed E-state index contributed by atoms with van der Waals surface area (Å²) in [5.41, 5.74) is 1.90. The zero-order valence-corrected chi connectivity index (χ0v) is 18.8. The number of rotatable bonds is 7. The Morgan fingerprint density at radius 1 is 1.00 bits per heavy atom. The van der Waals surface area contributed by atoms with E-state index >= 15 is 0 Å². The number of halogens is 1. The van der Waals surface area contributed by atoms with Crippen LogP contribution in [0.3, 0.4) is 0 Å². The Kier molecular flexibility index (Phi) is 7.02. The van der Waals surface area contributed by atoms with Crippen LogP contribution in [0, 0.1) is 5.82 Å². The number of ether oxygens (including phenoxy) is 1. The fraction of sp³-hybridized carbons (Fsp3) is 0.346. The molecule has 1 aliphatic heterocycles. The molecule has 0 aromatic heterocycles. The van der Waals surface area contributed by atoms with Crippen LogP contribution in [0.4, 0.5) is 10.1 Å². The summed E-state index contributed by atoms with van der Waals surface area (Å²) in [6.07, 6.45) is 0. The molecule has 168 valence electrons. The Morgan fingerprint density at radius 2 is 1.72 bits per heavy atom. The van der Waals surface area contributed by atoms with Crippen LogP contribution in [0.2, 0.25) is 0 Å². The summed E-state index contributed by atoms with van der Waals surface area (Å²) in [6, 6.07) is 19.4. The Balaban J connectivity index is 1.35. The number of benzene rings is 3. The van der Waals surface area contributed by atoms with Crippen molar-refractivity contribution in [3.05, 3.63) is 72.0 Å². The number of likely N-dealkylation sites (N-methyl/N-ethyl adjacent to an activating group) is 1. The first-order valence-corrected chi connectivity index (χ1v) is 11.1. The number of hydrogen-bond acceptors (Lipinski definition) is 4. The van der Waals surface area contributed by atoms with Crippen molar-refractivity contribution in [2.24, 2.45) is 0 Å². The first kappa shape index (κ1) is 22.2. The van der Waals surface area contributed by atoms with Gasteiger partial charge in [0, 0.05) is 44.7 Å². The number of piperazine rings is 1. The molecule has 4 rings (SSSR count).